The normalized spacial score (nSPS) is 16.4. The number of imidazole rings is 1. The number of rotatable bonds is 8. The molecule has 3 aromatic carbocycles. The average Bonchev–Trinajstić information content (AvgIpc) is 3.83. The SMILES string of the molecule is NC(=O)c1ccc(S(=O)(=O)N2CCC(n3c(C4CC4)nc4ccc(C(c5ccc(Cl)cc5)c5ccc(Cl)cc5)cc43)CC2)cn1. The zero-order valence-corrected chi connectivity index (χ0v) is 26.6. The standard InChI is InChI=1S/C34H31Cl2N5O3S/c35-25-8-3-21(4-9-25)32(22-5-10-26(36)11-6-22)24-7-13-29-31(19-24)41(34(39-29)23-1-2-23)27-15-17-40(18-16-27)45(43,44)28-12-14-30(33(37)42)38-20-28/h3-14,19-20,23,27,32H,1-2,15-18H2,(H2,37,42). The van der Waals surface area contributed by atoms with Crippen LogP contribution in [0.5, 0.6) is 0 Å². The summed E-state index contributed by atoms with van der Waals surface area (Å²) in [6.45, 7) is 0.735. The molecule has 0 spiro atoms. The maximum Gasteiger partial charge on any atom is 0.267 e. The Hall–Kier alpha value is -3.76. The van der Waals surface area contributed by atoms with E-state index in [1.54, 1.807) is 0 Å². The van der Waals surface area contributed by atoms with Crippen molar-refractivity contribution in [3.63, 3.8) is 0 Å². The smallest absolute Gasteiger partial charge is 0.267 e. The fourth-order valence-corrected chi connectivity index (χ4v) is 8.05. The predicted molar refractivity (Wildman–Crippen MR) is 175 cm³/mol. The number of sulfonamides is 1. The van der Waals surface area contributed by atoms with Crippen LogP contribution in [-0.2, 0) is 10.0 Å². The van der Waals surface area contributed by atoms with Gasteiger partial charge in [0.2, 0.25) is 10.0 Å². The van der Waals surface area contributed by atoms with E-state index in [-0.39, 0.29) is 22.5 Å². The first-order valence-corrected chi connectivity index (χ1v) is 17.2. The maximum atomic E-state index is 13.4. The molecular weight excluding hydrogens is 629 g/mol. The molecular formula is C34H31Cl2N5O3S. The van der Waals surface area contributed by atoms with Crippen LogP contribution in [-0.4, -0.2) is 46.3 Å². The highest BCUT2D eigenvalue weighted by Crippen LogP contribution is 2.44. The van der Waals surface area contributed by atoms with Crippen molar-refractivity contribution in [1.29, 1.82) is 0 Å². The molecule has 2 aliphatic rings. The number of fused-ring (bicyclic) bond motifs is 1. The molecule has 11 heteroatoms. The van der Waals surface area contributed by atoms with Gasteiger partial charge in [-0.15, -0.1) is 0 Å². The number of carbonyl (C=O) groups is 1. The highest BCUT2D eigenvalue weighted by atomic mass is 35.5. The van der Waals surface area contributed by atoms with Gasteiger partial charge in [0.05, 0.1) is 11.0 Å². The third-order valence-corrected chi connectivity index (χ3v) is 11.2. The summed E-state index contributed by atoms with van der Waals surface area (Å²) in [6.07, 6.45) is 4.72. The minimum Gasteiger partial charge on any atom is -0.364 e. The van der Waals surface area contributed by atoms with Crippen molar-refractivity contribution in [2.24, 2.45) is 5.73 Å². The third kappa shape index (κ3) is 5.86. The summed E-state index contributed by atoms with van der Waals surface area (Å²) in [5.41, 5.74) is 10.7. The van der Waals surface area contributed by atoms with E-state index >= 15 is 0 Å². The van der Waals surface area contributed by atoms with Gasteiger partial charge in [0.1, 0.15) is 16.4 Å². The number of primary amides is 1. The van der Waals surface area contributed by atoms with Crippen molar-refractivity contribution in [2.45, 2.75) is 48.5 Å². The summed E-state index contributed by atoms with van der Waals surface area (Å²) < 4.78 is 30.7. The van der Waals surface area contributed by atoms with Crippen molar-refractivity contribution in [2.75, 3.05) is 13.1 Å². The van der Waals surface area contributed by atoms with E-state index in [0.29, 0.717) is 41.9 Å². The number of carbonyl (C=O) groups excluding carboxylic acids is 1. The van der Waals surface area contributed by atoms with Crippen molar-refractivity contribution < 1.29 is 13.2 Å². The second-order valence-electron chi connectivity index (χ2n) is 11.8. The fraction of sp³-hybridized carbons (Fsp3) is 0.265. The molecule has 0 bridgehead atoms. The van der Waals surface area contributed by atoms with Crippen LogP contribution in [0.1, 0.15) is 76.6 Å². The lowest BCUT2D eigenvalue weighted by Gasteiger charge is -2.33. The molecule has 2 N–H and O–H groups in total. The molecule has 0 atom stereocenters. The van der Waals surface area contributed by atoms with E-state index in [2.05, 4.69) is 52.0 Å². The Bertz CT molecular complexity index is 1940. The summed E-state index contributed by atoms with van der Waals surface area (Å²) >= 11 is 12.5. The van der Waals surface area contributed by atoms with E-state index in [0.717, 1.165) is 46.4 Å². The Balaban J connectivity index is 1.22. The number of benzene rings is 3. The molecule has 45 heavy (non-hydrogen) atoms. The van der Waals surface area contributed by atoms with Crippen molar-refractivity contribution in [1.82, 2.24) is 18.8 Å². The number of amides is 1. The highest BCUT2D eigenvalue weighted by Gasteiger charge is 2.36. The first-order valence-electron chi connectivity index (χ1n) is 15.0. The Morgan fingerprint density at radius 2 is 1.42 bits per heavy atom. The summed E-state index contributed by atoms with van der Waals surface area (Å²) in [5.74, 6) is 0.762. The molecule has 1 amide bonds. The van der Waals surface area contributed by atoms with Crippen LogP contribution < -0.4 is 5.73 Å². The van der Waals surface area contributed by atoms with E-state index in [9.17, 15) is 13.2 Å². The number of piperidine rings is 1. The van der Waals surface area contributed by atoms with Crippen LogP contribution >= 0.6 is 23.2 Å². The second-order valence-corrected chi connectivity index (χ2v) is 14.6. The lowest BCUT2D eigenvalue weighted by Crippen LogP contribution is -2.39. The van der Waals surface area contributed by atoms with Crippen LogP contribution in [0.3, 0.4) is 0 Å². The lowest BCUT2D eigenvalue weighted by atomic mass is 9.85. The van der Waals surface area contributed by atoms with Crippen molar-refractivity contribution >= 4 is 50.2 Å². The van der Waals surface area contributed by atoms with E-state index in [1.807, 2.05) is 24.3 Å². The predicted octanol–water partition coefficient (Wildman–Crippen LogP) is 6.92. The Morgan fingerprint density at radius 3 is 1.96 bits per heavy atom. The summed E-state index contributed by atoms with van der Waals surface area (Å²) in [4.78, 5) is 20.5. The average molecular weight is 661 g/mol. The van der Waals surface area contributed by atoms with Crippen LogP contribution in [0, 0.1) is 0 Å². The molecule has 2 fully saturated rings. The molecule has 7 rings (SSSR count). The van der Waals surface area contributed by atoms with Gasteiger partial charge in [0, 0.05) is 47.2 Å². The van der Waals surface area contributed by atoms with E-state index in [1.165, 1.54) is 22.6 Å². The summed E-state index contributed by atoms with van der Waals surface area (Å²) in [5, 5.41) is 1.37. The van der Waals surface area contributed by atoms with Gasteiger partial charge in [-0.25, -0.2) is 18.4 Å². The number of halogens is 2. The molecule has 8 nitrogen and oxygen atoms in total. The molecule has 0 unspecified atom stereocenters. The summed E-state index contributed by atoms with van der Waals surface area (Å²) in [6, 6.07) is 25.2. The highest BCUT2D eigenvalue weighted by molar-refractivity contribution is 7.89. The Labute approximate surface area is 271 Å². The molecule has 230 valence electrons. The molecule has 1 aliphatic heterocycles. The van der Waals surface area contributed by atoms with Gasteiger partial charge in [-0.05, 0) is 90.9 Å². The third-order valence-electron chi connectivity index (χ3n) is 8.84. The van der Waals surface area contributed by atoms with Crippen LogP contribution in [0.25, 0.3) is 11.0 Å². The van der Waals surface area contributed by atoms with Gasteiger partial charge >= 0.3 is 0 Å². The number of hydrogen-bond acceptors (Lipinski definition) is 5. The molecule has 3 heterocycles. The van der Waals surface area contributed by atoms with Crippen LogP contribution in [0.2, 0.25) is 10.0 Å². The molecule has 2 aromatic heterocycles. The summed E-state index contributed by atoms with van der Waals surface area (Å²) in [7, 11) is -3.76. The first kappa shape index (κ1) is 29.9. The molecule has 1 saturated carbocycles. The number of aromatic nitrogens is 3. The van der Waals surface area contributed by atoms with Gasteiger partial charge < -0.3 is 10.3 Å². The van der Waals surface area contributed by atoms with Gasteiger partial charge in [-0.2, -0.15) is 4.31 Å². The number of nitrogens with zero attached hydrogens (tertiary/aromatic N) is 4. The number of hydrogen-bond donors (Lipinski definition) is 1. The van der Waals surface area contributed by atoms with Gasteiger partial charge in [-0.1, -0.05) is 53.5 Å². The lowest BCUT2D eigenvalue weighted by molar-refractivity contribution is 0.0995. The quantitative estimate of drug-likeness (QED) is 0.182. The number of pyridine rings is 1. The van der Waals surface area contributed by atoms with Crippen molar-refractivity contribution in [3.8, 4) is 0 Å². The Kier molecular flexibility index (Phi) is 7.90. The fourth-order valence-electron chi connectivity index (χ4n) is 6.38. The van der Waals surface area contributed by atoms with Crippen molar-refractivity contribution in [3.05, 3.63) is 123 Å². The number of nitrogens with two attached hydrogens (primary N) is 1. The molecule has 1 saturated heterocycles. The molecule has 5 aromatic rings. The van der Waals surface area contributed by atoms with Gasteiger partial charge in [-0.3, -0.25) is 4.79 Å². The van der Waals surface area contributed by atoms with Crippen LogP contribution in [0.4, 0.5) is 0 Å². The minimum atomic E-state index is -3.76. The second kappa shape index (κ2) is 11.9. The zero-order chi connectivity index (χ0) is 31.3. The zero-order valence-electron chi connectivity index (χ0n) is 24.3. The van der Waals surface area contributed by atoms with E-state index < -0.39 is 15.9 Å². The van der Waals surface area contributed by atoms with E-state index in [4.69, 9.17) is 33.9 Å². The van der Waals surface area contributed by atoms with Gasteiger partial charge in [0.25, 0.3) is 5.91 Å². The molecule has 1 aliphatic carbocycles. The van der Waals surface area contributed by atoms with Gasteiger partial charge in [0.15, 0.2) is 0 Å². The first-order chi connectivity index (χ1) is 21.7. The molecule has 0 radical (unpaired) electrons. The minimum absolute atomic E-state index is 0.0287. The largest absolute Gasteiger partial charge is 0.364 e. The Morgan fingerprint density at radius 1 is 0.822 bits per heavy atom. The topological polar surface area (TPSA) is 111 Å². The van der Waals surface area contributed by atoms with Crippen LogP contribution in [0.15, 0.2) is 90.0 Å². The monoisotopic (exact) mass is 659 g/mol. The maximum absolute atomic E-state index is 13.4.